The summed E-state index contributed by atoms with van der Waals surface area (Å²) in [5, 5.41) is 10.2. The summed E-state index contributed by atoms with van der Waals surface area (Å²) in [7, 11) is 0. The summed E-state index contributed by atoms with van der Waals surface area (Å²) >= 11 is 0. The van der Waals surface area contributed by atoms with Crippen LogP contribution in [0.4, 0.5) is 5.69 Å². The predicted molar refractivity (Wildman–Crippen MR) is 97.3 cm³/mol. The number of anilines is 1. The Labute approximate surface area is 150 Å². The van der Waals surface area contributed by atoms with E-state index in [-0.39, 0.29) is 5.91 Å². The number of carboxylic acids is 1. The van der Waals surface area contributed by atoms with Crippen molar-refractivity contribution in [1.82, 2.24) is 0 Å². The lowest BCUT2D eigenvalue weighted by Crippen LogP contribution is -2.46. The Kier molecular flexibility index (Phi) is 2.89. The van der Waals surface area contributed by atoms with Gasteiger partial charge >= 0.3 is 5.97 Å². The Morgan fingerprint density at radius 3 is 2.31 bits per heavy atom. The maximum Gasteiger partial charge on any atom is 0.314 e. The summed E-state index contributed by atoms with van der Waals surface area (Å²) in [6.07, 6.45) is 0. The van der Waals surface area contributed by atoms with Crippen LogP contribution < -0.4 is 4.90 Å². The number of carboxylic acid groups (broad SMARTS) is 1. The first kappa shape index (κ1) is 14.9. The number of aliphatic carboxylic acids is 1. The van der Waals surface area contributed by atoms with Gasteiger partial charge in [0, 0.05) is 11.3 Å². The molecule has 0 aliphatic carbocycles. The van der Waals surface area contributed by atoms with Gasteiger partial charge in [-0.05, 0) is 28.8 Å². The van der Waals surface area contributed by atoms with Gasteiger partial charge in [-0.15, -0.1) is 0 Å². The van der Waals surface area contributed by atoms with Gasteiger partial charge in [0.2, 0.25) is 0 Å². The van der Waals surface area contributed by atoms with Crippen LogP contribution in [0.25, 0.3) is 0 Å². The Morgan fingerprint density at radius 1 is 0.885 bits per heavy atom. The van der Waals surface area contributed by atoms with Crippen LogP contribution in [-0.2, 0) is 10.3 Å². The Balaban J connectivity index is 1.95. The van der Waals surface area contributed by atoms with E-state index >= 15 is 0 Å². The molecule has 0 aromatic heterocycles. The van der Waals surface area contributed by atoms with E-state index in [0.29, 0.717) is 16.8 Å². The van der Waals surface area contributed by atoms with Crippen molar-refractivity contribution < 1.29 is 14.7 Å². The number of hydrogen-bond acceptors (Lipinski definition) is 2. The minimum Gasteiger partial charge on any atom is -0.481 e. The molecule has 2 aliphatic heterocycles. The summed E-state index contributed by atoms with van der Waals surface area (Å²) < 4.78 is 0. The minimum atomic E-state index is -1.07. The second-order valence-corrected chi connectivity index (χ2v) is 6.65. The highest BCUT2D eigenvalue weighted by Gasteiger charge is 2.63. The van der Waals surface area contributed by atoms with Crippen molar-refractivity contribution in [2.75, 3.05) is 4.90 Å². The fourth-order valence-corrected chi connectivity index (χ4v) is 4.60. The summed E-state index contributed by atoms with van der Waals surface area (Å²) in [6, 6.07) is 24.1. The predicted octanol–water partition coefficient (Wildman–Crippen LogP) is 3.77. The lowest BCUT2D eigenvalue weighted by molar-refractivity contribution is -0.139. The molecule has 1 N–H and O–H groups in total. The number of carbonyl (C=O) groups excluding carboxylic acids is 1. The average molecular weight is 341 g/mol. The number of nitrogens with zero attached hydrogens (tertiary/aromatic N) is 1. The zero-order chi connectivity index (χ0) is 17.9. The topological polar surface area (TPSA) is 57.6 Å². The smallest absolute Gasteiger partial charge is 0.314 e. The van der Waals surface area contributed by atoms with Gasteiger partial charge in [-0.25, -0.2) is 0 Å². The molecule has 2 unspecified atom stereocenters. The number of amides is 1. The molecule has 0 saturated carbocycles. The second-order valence-electron chi connectivity index (χ2n) is 6.65. The molecular formula is C22H15NO3. The third kappa shape index (κ3) is 1.59. The van der Waals surface area contributed by atoms with Gasteiger partial charge in [-0.3, -0.25) is 14.5 Å². The van der Waals surface area contributed by atoms with Crippen LogP contribution in [0.3, 0.4) is 0 Å². The van der Waals surface area contributed by atoms with E-state index in [1.54, 1.807) is 11.0 Å². The SMILES string of the molecule is O=C(O)C1c2ccccc2N2C(=O)c3ccccc3C12c1ccccc1. The van der Waals surface area contributed by atoms with E-state index < -0.39 is 17.4 Å². The van der Waals surface area contributed by atoms with E-state index in [1.807, 2.05) is 72.8 Å². The molecule has 4 heteroatoms. The molecule has 4 nitrogen and oxygen atoms in total. The van der Waals surface area contributed by atoms with E-state index in [4.69, 9.17) is 0 Å². The van der Waals surface area contributed by atoms with Crippen molar-refractivity contribution >= 4 is 17.6 Å². The summed E-state index contributed by atoms with van der Waals surface area (Å²) in [5.74, 6) is -1.96. The second kappa shape index (κ2) is 5.05. The van der Waals surface area contributed by atoms with Gasteiger partial charge in [0.15, 0.2) is 0 Å². The Morgan fingerprint density at radius 2 is 1.54 bits per heavy atom. The van der Waals surface area contributed by atoms with Crippen molar-refractivity contribution in [2.45, 2.75) is 11.5 Å². The quantitative estimate of drug-likeness (QED) is 0.772. The molecule has 0 bridgehead atoms. The summed E-state index contributed by atoms with van der Waals surface area (Å²) in [5.41, 5.74) is 2.40. The molecule has 2 atom stereocenters. The van der Waals surface area contributed by atoms with Crippen molar-refractivity contribution in [2.24, 2.45) is 0 Å². The highest BCUT2D eigenvalue weighted by molar-refractivity contribution is 6.16. The van der Waals surface area contributed by atoms with Gasteiger partial charge in [0.05, 0.1) is 0 Å². The normalized spacial score (nSPS) is 22.7. The van der Waals surface area contributed by atoms with Crippen LogP contribution in [0, 0.1) is 0 Å². The maximum absolute atomic E-state index is 13.3. The Bertz CT molecular complexity index is 1060. The fourth-order valence-electron chi connectivity index (χ4n) is 4.60. The molecule has 0 spiro atoms. The van der Waals surface area contributed by atoms with E-state index in [1.165, 1.54) is 0 Å². The number of fused-ring (bicyclic) bond motifs is 5. The van der Waals surface area contributed by atoms with Gasteiger partial charge in [0.1, 0.15) is 11.5 Å². The number of benzene rings is 3. The van der Waals surface area contributed by atoms with Crippen LogP contribution in [0.1, 0.15) is 33.0 Å². The average Bonchev–Trinajstić information content (AvgIpc) is 3.12. The maximum atomic E-state index is 13.3. The standard InChI is InChI=1S/C22H15NO3/c24-20-15-10-4-6-12-17(15)22(14-8-2-1-3-9-14)19(21(25)26)16-11-5-7-13-18(16)23(20)22/h1-13,19H,(H,25,26). The van der Waals surface area contributed by atoms with Crippen molar-refractivity contribution in [1.29, 1.82) is 0 Å². The highest BCUT2D eigenvalue weighted by atomic mass is 16.4. The van der Waals surface area contributed by atoms with E-state index in [0.717, 1.165) is 11.1 Å². The molecule has 0 radical (unpaired) electrons. The number of carbonyl (C=O) groups is 2. The largest absolute Gasteiger partial charge is 0.481 e. The molecule has 2 heterocycles. The Hall–Kier alpha value is -3.40. The summed E-state index contributed by atoms with van der Waals surface area (Å²) in [6.45, 7) is 0. The van der Waals surface area contributed by atoms with E-state index in [2.05, 4.69) is 0 Å². The number of rotatable bonds is 2. The van der Waals surface area contributed by atoms with Gasteiger partial charge in [-0.2, -0.15) is 0 Å². The van der Waals surface area contributed by atoms with Crippen molar-refractivity contribution in [3.8, 4) is 0 Å². The zero-order valence-electron chi connectivity index (χ0n) is 13.8. The molecule has 0 saturated heterocycles. The van der Waals surface area contributed by atoms with Crippen LogP contribution in [-0.4, -0.2) is 17.0 Å². The van der Waals surface area contributed by atoms with Crippen LogP contribution in [0.5, 0.6) is 0 Å². The summed E-state index contributed by atoms with van der Waals surface area (Å²) in [4.78, 5) is 27.5. The van der Waals surface area contributed by atoms with E-state index in [9.17, 15) is 14.7 Å². The van der Waals surface area contributed by atoms with Crippen LogP contribution in [0.15, 0.2) is 78.9 Å². The molecule has 5 rings (SSSR count). The molecule has 126 valence electrons. The zero-order valence-corrected chi connectivity index (χ0v) is 13.8. The van der Waals surface area contributed by atoms with Crippen LogP contribution in [0.2, 0.25) is 0 Å². The highest BCUT2D eigenvalue weighted by Crippen LogP contribution is 2.60. The molecule has 3 aromatic rings. The van der Waals surface area contributed by atoms with Gasteiger partial charge in [0.25, 0.3) is 5.91 Å². The van der Waals surface area contributed by atoms with Crippen molar-refractivity contribution in [3.05, 3.63) is 101 Å². The first-order chi connectivity index (χ1) is 12.7. The lowest BCUT2D eigenvalue weighted by Gasteiger charge is -2.37. The monoisotopic (exact) mass is 341 g/mol. The first-order valence-corrected chi connectivity index (χ1v) is 8.48. The number of para-hydroxylation sites is 1. The molecule has 1 amide bonds. The van der Waals surface area contributed by atoms with Crippen LogP contribution >= 0.6 is 0 Å². The lowest BCUT2D eigenvalue weighted by atomic mass is 9.73. The molecule has 26 heavy (non-hydrogen) atoms. The molecule has 3 aromatic carbocycles. The fraction of sp³-hybridized carbons (Fsp3) is 0.0909. The molecule has 0 fully saturated rings. The van der Waals surface area contributed by atoms with Gasteiger partial charge < -0.3 is 5.11 Å². The molecule has 2 aliphatic rings. The third-order valence-corrected chi connectivity index (χ3v) is 5.49. The van der Waals surface area contributed by atoms with Gasteiger partial charge in [-0.1, -0.05) is 66.7 Å². The minimum absolute atomic E-state index is 0.152. The first-order valence-electron chi connectivity index (χ1n) is 8.48. The third-order valence-electron chi connectivity index (χ3n) is 5.49. The number of hydrogen-bond donors (Lipinski definition) is 1. The van der Waals surface area contributed by atoms with Crippen molar-refractivity contribution in [3.63, 3.8) is 0 Å². The molecular weight excluding hydrogens is 326 g/mol.